The quantitative estimate of drug-likeness (QED) is 0.839. The average Bonchev–Trinajstić information content (AvgIpc) is 2.76. The molecule has 0 spiro atoms. The lowest BCUT2D eigenvalue weighted by Crippen LogP contribution is -2.04. The normalized spacial score (nSPS) is 17.6. The number of hydrogen-bond acceptors (Lipinski definition) is 2. The third-order valence-electron chi connectivity index (χ3n) is 3.20. The van der Waals surface area contributed by atoms with Crippen LogP contribution in [0.15, 0.2) is 46.9 Å². The van der Waals surface area contributed by atoms with E-state index < -0.39 is 0 Å². The van der Waals surface area contributed by atoms with Crippen molar-refractivity contribution in [2.24, 2.45) is 0 Å². The zero-order chi connectivity index (χ0) is 11.8. The van der Waals surface area contributed by atoms with Crippen LogP contribution >= 0.6 is 15.9 Å². The van der Waals surface area contributed by atoms with Crippen LogP contribution in [0.1, 0.15) is 17.0 Å². The smallest absolute Gasteiger partial charge is 0.119 e. The Morgan fingerprint density at radius 2 is 1.94 bits per heavy atom. The van der Waals surface area contributed by atoms with Gasteiger partial charge in [0.25, 0.3) is 0 Å². The summed E-state index contributed by atoms with van der Waals surface area (Å²) in [6.45, 7) is 0.837. The zero-order valence-corrected chi connectivity index (χ0v) is 10.7. The lowest BCUT2D eigenvalue weighted by atomic mass is 9.92. The van der Waals surface area contributed by atoms with E-state index in [1.54, 1.807) is 6.07 Å². The topological polar surface area (TPSA) is 32.3 Å². The van der Waals surface area contributed by atoms with Crippen LogP contribution < -0.4 is 5.32 Å². The molecule has 1 atom stereocenters. The Morgan fingerprint density at radius 3 is 2.82 bits per heavy atom. The molecule has 0 amide bonds. The van der Waals surface area contributed by atoms with Gasteiger partial charge in [-0.05, 0) is 29.8 Å². The highest BCUT2D eigenvalue weighted by molar-refractivity contribution is 9.10. The summed E-state index contributed by atoms with van der Waals surface area (Å²) in [4.78, 5) is 0. The van der Waals surface area contributed by atoms with E-state index >= 15 is 0 Å². The van der Waals surface area contributed by atoms with E-state index in [2.05, 4.69) is 33.4 Å². The molecule has 2 nitrogen and oxygen atoms in total. The fraction of sp³-hybridized carbons (Fsp3) is 0.143. The summed E-state index contributed by atoms with van der Waals surface area (Å²) in [5.74, 6) is 0.584. The molecule has 1 aliphatic heterocycles. The molecule has 2 aromatic rings. The molecule has 0 bridgehead atoms. The van der Waals surface area contributed by atoms with Gasteiger partial charge in [0.2, 0.25) is 0 Å². The standard InChI is InChI=1S/C14H12BrNO/c15-9-5-6-14(17)11(7-9)12-8-16-13-4-2-1-3-10(12)13/h1-7,12,16-17H,8H2. The first-order valence-electron chi connectivity index (χ1n) is 5.57. The molecule has 0 radical (unpaired) electrons. The van der Waals surface area contributed by atoms with Crippen molar-refractivity contribution in [3.63, 3.8) is 0 Å². The maximum atomic E-state index is 9.97. The molecule has 1 heterocycles. The predicted molar refractivity (Wildman–Crippen MR) is 72.6 cm³/mol. The van der Waals surface area contributed by atoms with Gasteiger partial charge in [0, 0.05) is 28.2 Å². The minimum atomic E-state index is 0.226. The van der Waals surface area contributed by atoms with E-state index in [0.717, 1.165) is 22.3 Å². The summed E-state index contributed by atoms with van der Waals surface area (Å²) < 4.78 is 0.995. The number of halogens is 1. The fourth-order valence-electron chi connectivity index (χ4n) is 2.37. The Bertz CT molecular complexity index is 568. The second-order valence-corrected chi connectivity index (χ2v) is 5.14. The van der Waals surface area contributed by atoms with E-state index in [0.29, 0.717) is 5.75 Å². The van der Waals surface area contributed by atoms with E-state index in [-0.39, 0.29) is 5.92 Å². The molecule has 17 heavy (non-hydrogen) atoms. The van der Waals surface area contributed by atoms with Crippen LogP contribution in [0.4, 0.5) is 5.69 Å². The molecule has 2 N–H and O–H groups in total. The Labute approximate surface area is 108 Å². The van der Waals surface area contributed by atoms with Crippen LogP contribution in [0, 0.1) is 0 Å². The van der Waals surface area contributed by atoms with E-state index in [1.165, 1.54) is 5.56 Å². The largest absolute Gasteiger partial charge is 0.508 e. The minimum absolute atomic E-state index is 0.226. The second-order valence-electron chi connectivity index (χ2n) is 4.22. The number of benzene rings is 2. The van der Waals surface area contributed by atoms with Crippen molar-refractivity contribution in [3.05, 3.63) is 58.1 Å². The van der Waals surface area contributed by atoms with Crippen LogP contribution in [-0.2, 0) is 0 Å². The third kappa shape index (κ3) is 1.80. The molecule has 2 aromatic carbocycles. The summed E-state index contributed by atoms with van der Waals surface area (Å²) in [5.41, 5.74) is 3.38. The summed E-state index contributed by atoms with van der Waals surface area (Å²) in [7, 11) is 0. The lowest BCUT2D eigenvalue weighted by molar-refractivity contribution is 0.466. The van der Waals surface area contributed by atoms with Gasteiger partial charge >= 0.3 is 0 Å². The van der Waals surface area contributed by atoms with E-state index in [1.807, 2.05) is 24.3 Å². The molecule has 86 valence electrons. The summed E-state index contributed by atoms with van der Waals surface area (Å²) in [5, 5.41) is 13.3. The van der Waals surface area contributed by atoms with Crippen molar-refractivity contribution in [2.75, 3.05) is 11.9 Å². The van der Waals surface area contributed by atoms with Crippen molar-refractivity contribution in [1.82, 2.24) is 0 Å². The molecule has 0 fully saturated rings. The van der Waals surface area contributed by atoms with Crippen LogP contribution in [0.3, 0.4) is 0 Å². The molecule has 0 saturated carbocycles. The van der Waals surface area contributed by atoms with E-state index in [9.17, 15) is 5.11 Å². The molecule has 0 saturated heterocycles. The van der Waals surface area contributed by atoms with E-state index in [4.69, 9.17) is 0 Å². The summed E-state index contributed by atoms with van der Waals surface area (Å²) in [6.07, 6.45) is 0. The first-order valence-corrected chi connectivity index (χ1v) is 6.36. The highest BCUT2D eigenvalue weighted by Crippen LogP contribution is 2.40. The number of hydrogen-bond donors (Lipinski definition) is 2. The predicted octanol–water partition coefficient (Wildman–Crippen LogP) is 3.71. The molecule has 0 aromatic heterocycles. The molecular weight excluding hydrogens is 278 g/mol. The van der Waals surface area contributed by atoms with Crippen LogP contribution in [0.2, 0.25) is 0 Å². The number of anilines is 1. The summed E-state index contributed by atoms with van der Waals surface area (Å²) >= 11 is 3.45. The Morgan fingerprint density at radius 1 is 1.12 bits per heavy atom. The average molecular weight is 290 g/mol. The molecule has 1 aliphatic rings. The van der Waals surface area contributed by atoms with Crippen LogP contribution in [0.25, 0.3) is 0 Å². The second kappa shape index (κ2) is 4.08. The van der Waals surface area contributed by atoms with Gasteiger partial charge in [-0.3, -0.25) is 0 Å². The number of rotatable bonds is 1. The first kappa shape index (κ1) is 10.7. The maximum Gasteiger partial charge on any atom is 0.119 e. The maximum absolute atomic E-state index is 9.97. The molecule has 1 unspecified atom stereocenters. The molecule has 3 heteroatoms. The van der Waals surface area contributed by atoms with Crippen LogP contribution in [-0.4, -0.2) is 11.7 Å². The Hall–Kier alpha value is -1.48. The van der Waals surface area contributed by atoms with Crippen molar-refractivity contribution in [2.45, 2.75) is 5.92 Å². The van der Waals surface area contributed by atoms with Crippen molar-refractivity contribution in [1.29, 1.82) is 0 Å². The number of aromatic hydroxyl groups is 1. The van der Waals surface area contributed by atoms with Gasteiger partial charge in [-0.2, -0.15) is 0 Å². The lowest BCUT2D eigenvalue weighted by Gasteiger charge is -2.13. The van der Waals surface area contributed by atoms with Crippen LogP contribution in [0.5, 0.6) is 5.75 Å². The number of phenols is 1. The highest BCUT2D eigenvalue weighted by atomic mass is 79.9. The van der Waals surface area contributed by atoms with Crippen molar-refractivity contribution < 1.29 is 5.11 Å². The Balaban J connectivity index is 2.10. The number of para-hydroxylation sites is 1. The molecular formula is C14H12BrNO. The van der Waals surface area contributed by atoms with Gasteiger partial charge in [-0.1, -0.05) is 34.1 Å². The number of fused-ring (bicyclic) bond motifs is 1. The first-order chi connectivity index (χ1) is 8.25. The molecule has 3 rings (SSSR count). The monoisotopic (exact) mass is 289 g/mol. The van der Waals surface area contributed by atoms with Gasteiger partial charge < -0.3 is 10.4 Å². The van der Waals surface area contributed by atoms with Gasteiger partial charge in [0.15, 0.2) is 0 Å². The number of nitrogens with one attached hydrogen (secondary N) is 1. The van der Waals surface area contributed by atoms with Gasteiger partial charge in [0.05, 0.1) is 0 Å². The van der Waals surface area contributed by atoms with Gasteiger partial charge in [0.1, 0.15) is 5.75 Å². The van der Waals surface area contributed by atoms with Crippen molar-refractivity contribution in [3.8, 4) is 5.75 Å². The highest BCUT2D eigenvalue weighted by Gasteiger charge is 2.25. The summed E-state index contributed by atoms with van der Waals surface area (Å²) in [6, 6.07) is 13.8. The SMILES string of the molecule is Oc1ccc(Br)cc1C1CNc2ccccc21. The molecule has 0 aliphatic carbocycles. The van der Waals surface area contributed by atoms with Crippen molar-refractivity contribution >= 4 is 21.6 Å². The fourth-order valence-corrected chi connectivity index (χ4v) is 2.74. The minimum Gasteiger partial charge on any atom is -0.508 e. The van der Waals surface area contributed by atoms with Gasteiger partial charge in [-0.25, -0.2) is 0 Å². The number of phenolic OH excluding ortho intramolecular Hbond substituents is 1. The van der Waals surface area contributed by atoms with Gasteiger partial charge in [-0.15, -0.1) is 0 Å². The third-order valence-corrected chi connectivity index (χ3v) is 3.69. The Kier molecular flexibility index (Phi) is 2.56. The zero-order valence-electron chi connectivity index (χ0n) is 9.15.